The fraction of sp³-hybridized carbons (Fsp3) is 0.364. The minimum Gasteiger partial charge on any atom is -0.490 e. The van der Waals surface area contributed by atoms with Crippen molar-refractivity contribution in [3.63, 3.8) is 0 Å². The molecular weight excluding hydrogens is 370 g/mol. The second-order valence-electron chi connectivity index (χ2n) is 6.99. The number of fused-ring (bicyclic) bond motifs is 1. The van der Waals surface area contributed by atoms with Gasteiger partial charge in [0.25, 0.3) is 0 Å². The Morgan fingerprint density at radius 3 is 2.41 bits per heavy atom. The lowest BCUT2D eigenvalue weighted by Gasteiger charge is -2.17. The summed E-state index contributed by atoms with van der Waals surface area (Å²) in [6.45, 7) is 3.46. The largest absolute Gasteiger partial charge is 0.490 e. The smallest absolute Gasteiger partial charge is 0.238 e. The first kappa shape index (κ1) is 20.7. The summed E-state index contributed by atoms with van der Waals surface area (Å²) in [5.41, 5.74) is 2.52. The number of nitrogens with one attached hydrogen (secondary N) is 2. The van der Waals surface area contributed by atoms with Crippen LogP contribution < -0.4 is 20.1 Å². The second-order valence-corrected chi connectivity index (χ2v) is 6.99. The number of anilines is 2. The molecule has 7 heteroatoms. The van der Waals surface area contributed by atoms with Gasteiger partial charge in [-0.05, 0) is 37.2 Å². The van der Waals surface area contributed by atoms with Crippen molar-refractivity contribution >= 4 is 23.2 Å². The number of benzene rings is 2. The number of hydrogen-bond acceptors (Lipinski definition) is 5. The van der Waals surface area contributed by atoms with Crippen LogP contribution in [0.1, 0.15) is 18.9 Å². The van der Waals surface area contributed by atoms with Crippen LogP contribution in [0, 0.1) is 0 Å². The Morgan fingerprint density at radius 2 is 1.66 bits per heavy atom. The fourth-order valence-corrected chi connectivity index (χ4v) is 3.13. The monoisotopic (exact) mass is 397 g/mol. The zero-order valence-corrected chi connectivity index (χ0v) is 16.9. The molecule has 0 spiro atoms. The van der Waals surface area contributed by atoms with Crippen molar-refractivity contribution in [2.75, 3.05) is 44.0 Å². The average Bonchev–Trinajstić information content (AvgIpc) is 2.93. The number of rotatable bonds is 7. The minimum absolute atomic E-state index is 0.0945. The summed E-state index contributed by atoms with van der Waals surface area (Å²) in [6.07, 6.45) is 1.66. The number of para-hydroxylation sites is 1. The van der Waals surface area contributed by atoms with Crippen LogP contribution in [0.5, 0.6) is 11.5 Å². The van der Waals surface area contributed by atoms with Crippen LogP contribution in [0.4, 0.5) is 11.4 Å². The molecule has 0 saturated carbocycles. The molecule has 3 rings (SSSR count). The van der Waals surface area contributed by atoms with Gasteiger partial charge in [0.05, 0.1) is 26.3 Å². The van der Waals surface area contributed by atoms with E-state index in [1.807, 2.05) is 31.2 Å². The summed E-state index contributed by atoms with van der Waals surface area (Å²) < 4.78 is 11.2. The van der Waals surface area contributed by atoms with E-state index in [9.17, 15) is 9.59 Å². The van der Waals surface area contributed by atoms with E-state index < -0.39 is 0 Å². The molecule has 0 aromatic heterocycles. The van der Waals surface area contributed by atoms with Crippen molar-refractivity contribution in [3.8, 4) is 11.5 Å². The van der Waals surface area contributed by atoms with E-state index in [0.29, 0.717) is 30.4 Å². The third-order valence-corrected chi connectivity index (χ3v) is 4.53. The average molecular weight is 397 g/mol. The molecule has 0 fully saturated rings. The van der Waals surface area contributed by atoms with Crippen LogP contribution in [0.2, 0.25) is 0 Å². The molecule has 0 atom stereocenters. The normalized spacial score (nSPS) is 12.9. The van der Waals surface area contributed by atoms with Crippen LogP contribution in [-0.2, 0) is 16.0 Å². The SMILES string of the molecule is CCc1ccccc1NC(=O)CN(C)CC(=O)Nc1ccc2c(c1)OCCCO2. The Kier molecular flexibility index (Phi) is 7.08. The number of ether oxygens (including phenoxy) is 2. The van der Waals surface area contributed by atoms with E-state index in [4.69, 9.17) is 9.47 Å². The standard InChI is InChI=1S/C22H27N3O4/c1-3-16-7-4-5-8-18(16)24-22(27)15-25(2)14-21(26)23-17-9-10-19-20(13-17)29-12-6-11-28-19/h4-5,7-10,13H,3,6,11-12,14-15H2,1-2H3,(H,23,26)(H,24,27). The third-order valence-electron chi connectivity index (χ3n) is 4.53. The van der Waals surface area contributed by atoms with Crippen LogP contribution in [0.3, 0.4) is 0 Å². The van der Waals surface area contributed by atoms with E-state index >= 15 is 0 Å². The summed E-state index contributed by atoms with van der Waals surface area (Å²) in [7, 11) is 1.73. The highest BCUT2D eigenvalue weighted by molar-refractivity contribution is 5.95. The van der Waals surface area contributed by atoms with E-state index in [1.54, 1.807) is 30.1 Å². The van der Waals surface area contributed by atoms with Crippen molar-refractivity contribution in [2.24, 2.45) is 0 Å². The summed E-state index contributed by atoms with van der Waals surface area (Å²) in [6, 6.07) is 13.0. The summed E-state index contributed by atoms with van der Waals surface area (Å²) >= 11 is 0. The topological polar surface area (TPSA) is 79.9 Å². The van der Waals surface area contributed by atoms with Gasteiger partial charge in [-0.3, -0.25) is 14.5 Å². The van der Waals surface area contributed by atoms with Gasteiger partial charge < -0.3 is 20.1 Å². The van der Waals surface area contributed by atoms with Crippen LogP contribution in [0.15, 0.2) is 42.5 Å². The number of hydrogen-bond donors (Lipinski definition) is 2. The summed E-state index contributed by atoms with van der Waals surface area (Å²) in [5.74, 6) is 0.949. The fourth-order valence-electron chi connectivity index (χ4n) is 3.13. The van der Waals surface area contributed by atoms with E-state index in [1.165, 1.54) is 0 Å². The molecule has 0 saturated heterocycles. The van der Waals surface area contributed by atoms with Crippen molar-refractivity contribution in [1.82, 2.24) is 4.90 Å². The van der Waals surface area contributed by atoms with Gasteiger partial charge in [0, 0.05) is 23.9 Å². The molecule has 0 aliphatic carbocycles. The first-order chi connectivity index (χ1) is 14.0. The van der Waals surface area contributed by atoms with Gasteiger partial charge >= 0.3 is 0 Å². The highest BCUT2D eigenvalue weighted by Crippen LogP contribution is 2.32. The second kappa shape index (κ2) is 9.93. The molecule has 2 aromatic rings. The Labute approximate surface area is 171 Å². The van der Waals surface area contributed by atoms with Crippen LogP contribution >= 0.6 is 0 Å². The molecule has 0 radical (unpaired) electrons. The van der Waals surface area contributed by atoms with Gasteiger partial charge in [0.1, 0.15) is 0 Å². The molecule has 1 aliphatic rings. The molecule has 0 unspecified atom stereocenters. The number of aryl methyl sites for hydroxylation is 1. The van der Waals surface area contributed by atoms with Crippen LogP contribution in [0.25, 0.3) is 0 Å². The van der Waals surface area contributed by atoms with Gasteiger partial charge in [-0.25, -0.2) is 0 Å². The molecule has 0 bridgehead atoms. The maximum atomic E-state index is 12.3. The molecule has 2 aromatic carbocycles. The quantitative estimate of drug-likeness (QED) is 0.751. The first-order valence-corrected chi connectivity index (χ1v) is 9.81. The predicted octanol–water partition coefficient (Wildman–Crippen LogP) is 2.92. The highest BCUT2D eigenvalue weighted by Gasteiger charge is 2.14. The maximum absolute atomic E-state index is 12.3. The molecule has 154 valence electrons. The molecule has 1 heterocycles. The van der Waals surface area contributed by atoms with Crippen molar-refractivity contribution in [3.05, 3.63) is 48.0 Å². The highest BCUT2D eigenvalue weighted by atomic mass is 16.5. The van der Waals surface area contributed by atoms with E-state index in [0.717, 1.165) is 24.1 Å². The van der Waals surface area contributed by atoms with Crippen molar-refractivity contribution in [2.45, 2.75) is 19.8 Å². The van der Waals surface area contributed by atoms with Crippen molar-refractivity contribution < 1.29 is 19.1 Å². The summed E-state index contributed by atoms with van der Waals surface area (Å²) in [5, 5.41) is 5.75. The first-order valence-electron chi connectivity index (χ1n) is 9.81. The molecule has 29 heavy (non-hydrogen) atoms. The van der Waals surface area contributed by atoms with Gasteiger partial charge in [-0.15, -0.1) is 0 Å². The lowest BCUT2D eigenvalue weighted by atomic mass is 10.1. The Hall–Kier alpha value is -3.06. The Bertz CT molecular complexity index is 869. The molecule has 1 aliphatic heterocycles. The zero-order valence-electron chi connectivity index (χ0n) is 16.9. The van der Waals surface area contributed by atoms with Gasteiger partial charge in [0.15, 0.2) is 11.5 Å². The number of amides is 2. The Balaban J connectivity index is 1.50. The van der Waals surface area contributed by atoms with Gasteiger partial charge in [0.2, 0.25) is 11.8 Å². The molecule has 2 N–H and O–H groups in total. The number of likely N-dealkylation sites (N-methyl/N-ethyl adjacent to an activating group) is 1. The lowest BCUT2D eigenvalue weighted by Crippen LogP contribution is -2.36. The number of nitrogens with zero attached hydrogens (tertiary/aromatic N) is 1. The maximum Gasteiger partial charge on any atom is 0.238 e. The molecule has 2 amide bonds. The van der Waals surface area contributed by atoms with Gasteiger partial charge in [-0.2, -0.15) is 0 Å². The van der Waals surface area contributed by atoms with Gasteiger partial charge in [-0.1, -0.05) is 25.1 Å². The zero-order chi connectivity index (χ0) is 20.6. The molecule has 7 nitrogen and oxygen atoms in total. The number of carbonyl (C=O) groups excluding carboxylic acids is 2. The predicted molar refractivity (Wildman–Crippen MR) is 113 cm³/mol. The lowest BCUT2D eigenvalue weighted by molar-refractivity contribution is -0.119. The third kappa shape index (κ3) is 5.96. The Morgan fingerprint density at radius 1 is 0.966 bits per heavy atom. The van der Waals surface area contributed by atoms with Crippen LogP contribution in [-0.4, -0.2) is 50.1 Å². The summed E-state index contributed by atoms with van der Waals surface area (Å²) in [4.78, 5) is 26.3. The van der Waals surface area contributed by atoms with E-state index in [2.05, 4.69) is 10.6 Å². The van der Waals surface area contributed by atoms with Crippen molar-refractivity contribution in [1.29, 1.82) is 0 Å². The number of carbonyl (C=O) groups is 2. The van der Waals surface area contributed by atoms with E-state index in [-0.39, 0.29) is 24.9 Å². The minimum atomic E-state index is -0.205. The molecular formula is C22H27N3O4.